The van der Waals surface area contributed by atoms with Crippen molar-refractivity contribution < 1.29 is 4.42 Å². The topological polar surface area (TPSA) is 51.8 Å². The number of rotatable bonds is 3. The van der Waals surface area contributed by atoms with Crippen LogP contribution in [-0.2, 0) is 0 Å². The summed E-state index contributed by atoms with van der Waals surface area (Å²) in [6, 6.07) is 37.5. The number of aromatic nitrogens is 3. The molecule has 0 bridgehead atoms. The molecular weight excluding hydrogens is 478 g/mol. The number of furan rings is 1. The summed E-state index contributed by atoms with van der Waals surface area (Å²) >= 11 is 0. The quantitative estimate of drug-likeness (QED) is 0.228. The molecule has 0 N–H and O–H groups in total. The van der Waals surface area contributed by atoms with Gasteiger partial charge in [0.05, 0.1) is 16.6 Å². The Morgan fingerprint density at radius 1 is 0.538 bits per heavy atom. The molecule has 0 spiro atoms. The number of hydrogen-bond acceptors (Lipinski definition) is 4. The van der Waals surface area contributed by atoms with Gasteiger partial charge in [-0.15, -0.1) is 0 Å². The molecule has 0 radical (unpaired) electrons. The predicted octanol–water partition coefficient (Wildman–Crippen LogP) is 9.08. The summed E-state index contributed by atoms with van der Waals surface area (Å²) in [5.74, 6) is 0. The third kappa shape index (κ3) is 3.50. The average Bonchev–Trinajstić information content (AvgIpc) is 3.40. The van der Waals surface area contributed by atoms with Crippen LogP contribution in [0.15, 0.2) is 132 Å². The minimum absolute atomic E-state index is 0.836. The third-order valence-corrected chi connectivity index (χ3v) is 7.40. The first-order valence-corrected chi connectivity index (χ1v) is 12.9. The molecule has 4 aromatic carbocycles. The van der Waals surface area contributed by atoms with E-state index in [1.807, 2.05) is 54.9 Å². The maximum atomic E-state index is 6.46. The lowest BCUT2D eigenvalue weighted by Crippen LogP contribution is -1.93. The van der Waals surface area contributed by atoms with Crippen molar-refractivity contribution in [2.75, 3.05) is 0 Å². The molecule has 0 aliphatic rings. The molecule has 0 aliphatic heterocycles. The van der Waals surface area contributed by atoms with Crippen LogP contribution in [0.25, 0.3) is 77.3 Å². The summed E-state index contributed by atoms with van der Waals surface area (Å²) in [5, 5.41) is 4.21. The normalized spacial score (nSPS) is 11.6. The van der Waals surface area contributed by atoms with Crippen molar-refractivity contribution in [1.82, 2.24) is 15.0 Å². The predicted molar refractivity (Wildman–Crippen MR) is 158 cm³/mol. The zero-order valence-electron chi connectivity index (χ0n) is 20.9. The van der Waals surface area contributed by atoms with Gasteiger partial charge < -0.3 is 4.42 Å². The van der Waals surface area contributed by atoms with E-state index >= 15 is 0 Å². The Morgan fingerprint density at radius 3 is 2.10 bits per heavy atom. The fourth-order valence-corrected chi connectivity index (χ4v) is 5.50. The van der Waals surface area contributed by atoms with Gasteiger partial charge >= 0.3 is 0 Å². The molecule has 0 amide bonds. The van der Waals surface area contributed by atoms with Crippen LogP contribution in [0.1, 0.15) is 0 Å². The van der Waals surface area contributed by atoms with Crippen LogP contribution in [0.5, 0.6) is 0 Å². The van der Waals surface area contributed by atoms with Gasteiger partial charge in [0.2, 0.25) is 0 Å². The van der Waals surface area contributed by atoms with E-state index < -0.39 is 0 Å². The molecule has 0 saturated heterocycles. The van der Waals surface area contributed by atoms with Crippen molar-refractivity contribution in [3.8, 4) is 33.5 Å². The lowest BCUT2D eigenvalue weighted by Gasteiger charge is -2.11. The first-order chi connectivity index (χ1) is 19.3. The molecule has 0 unspecified atom stereocenters. The number of fused-ring (bicyclic) bond motifs is 7. The van der Waals surface area contributed by atoms with E-state index in [1.54, 1.807) is 6.20 Å². The minimum atomic E-state index is 0.836. The fraction of sp³-hybridized carbons (Fsp3) is 0. The van der Waals surface area contributed by atoms with Gasteiger partial charge in [-0.3, -0.25) is 9.97 Å². The summed E-state index contributed by atoms with van der Waals surface area (Å²) < 4.78 is 6.46. The van der Waals surface area contributed by atoms with Crippen LogP contribution in [-0.4, -0.2) is 15.0 Å². The smallest absolute Gasteiger partial charge is 0.145 e. The Hall–Kier alpha value is -5.35. The van der Waals surface area contributed by atoms with Gasteiger partial charge in [0.25, 0.3) is 0 Å². The molecule has 4 nitrogen and oxygen atoms in total. The molecule has 0 aliphatic carbocycles. The average molecular weight is 500 g/mol. The molecule has 0 fully saturated rings. The van der Waals surface area contributed by atoms with Gasteiger partial charge in [0.1, 0.15) is 16.7 Å². The van der Waals surface area contributed by atoms with Gasteiger partial charge in [0, 0.05) is 45.9 Å². The summed E-state index contributed by atoms with van der Waals surface area (Å²) in [5.41, 5.74) is 9.70. The molecule has 8 aromatic rings. The fourth-order valence-electron chi connectivity index (χ4n) is 5.50. The van der Waals surface area contributed by atoms with Gasteiger partial charge in [-0.05, 0) is 41.0 Å². The summed E-state index contributed by atoms with van der Waals surface area (Å²) in [7, 11) is 0. The van der Waals surface area contributed by atoms with Crippen molar-refractivity contribution in [3.05, 3.63) is 128 Å². The Kier molecular flexibility index (Phi) is 4.79. The Labute approximate surface area is 224 Å². The van der Waals surface area contributed by atoms with Gasteiger partial charge in [0.15, 0.2) is 0 Å². The number of hydrogen-bond donors (Lipinski definition) is 0. The molecule has 182 valence electrons. The van der Waals surface area contributed by atoms with Crippen LogP contribution in [0.2, 0.25) is 0 Å². The molecular formula is C35H21N3O. The van der Waals surface area contributed by atoms with E-state index in [0.717, 1.165) is 77.3 Å². The highest BCUT2D eigenvalue weighted by Gasteiger charge is 2.18. The van der Waals surface area contributed by atoms with E-state index in [-0.39, 0.29) is 0 Å². The van der Waals surface area contributed by atoms with Crippen LogP contribution < -0.4 is 0 Å². The summed E-state index contributed by atoms with van der Waals surface area (Å²) in [6.45, 7) is 0. The molecule has 4 heterocycles. The maximum absolute atomic E-state index is 6.46. The van der Waals surface area contributed by atoms with Crippen LogP contribution in [0.3, 0.4) is 0 Å². The molecule has 4 aromatic heterocycles. The highest BCUT2D eigenvalue weighted by Crippen LogP contribution is 2.40. The number of pyridine rings is 3. The van der Waals surface area contributed by atoms with E-state index in [2.05, 4.69) is 71.7 Å². The van der Waals surface area contributed by atoms with Crippen molar-refractivity contribution in [2.45, 2.75) is 0 Å². The first kappa shape index (κ1) is 21.7. The van der Waals surface area contributed by atoms with Crippen LogP contribution in [0, 0.1) is 0 Å². The zero-order valence-corrected chi connectivity index (χ0v) is 20.9. The molecule has 8 rings (SSSR count). The second kappa shape index (κ2) is 8.61. The van der Waals surface area contributed by atoms with Crippen molar-refractivity contribution >= 4 is 43.7 Å². The number of benzene rings is 4. The molecule has 39 heavy (non-hydrogen) atoms. The summed E-state index contributed by atoms with van der Waals surface area (Å²) in [4.78, 5) is 14.4. The zero-order chi connectivity index (χ0) is 25.8. The van der Waals surface area contributed by atoms with Crippen molar-refractivity contribution in [3.63, 3.8) is 0 Å². The standard InChI is InChI=1S/C35H21N3O/c1-2-7-24(8-3-1)33-29-17-16-28-27-10-4-5-11-31(27)39-35(28)32(29)34-30(38-33)19-26(21-37-34)23-14-12-22(13-15-23)25-9-6-18-36-20-25/h1-21H. The molecule has 4 heteroatoms. The highest BCUT2D eigenvalue weighted by molar-refractivity contribution is 6.23. The van der Waals surface area contributed by atoms with E-state index in [9.17, 15) is 0 Å². The second-order valence-electron chi connectivity index (χ2n) is 9.70. The lowest BCUT2D eigenvalue weighted by atomic mass is 9.98. The third-order valence-electron chi connectivity index (χ3n) is 7.40. The Balaban J connectivity index is 1.38. The van der Waals surface area contributed by atoms with E-state index in [4.69, 9.17) is 14.4 Å². The largest absolute Gasteiger partial charge is 0.455 e. The van der Waals surface area contributed by atoms with E-state index in [0.29, 0.717) is 0 Å². The van der Waals surface area contributed by atoms with Gasteiger partial charge in [-0.1, -0.05) is 84.9 Å². The Morgan fingerprint density at radius 2 is 1.28 bits per heavy atom. The van der Waals surface area contributed by atoms with Gasteiger partial charge in [-0.25, -0.2) is 4.98 Å². The van der Waals surface area contributed by atoms with Crippen LogP contribution in [0.4, 0.5) is 0 Å². The number of nitrogens with zero attached hydrogens (tertiary/aromatic N) is 3. The minimum Gasteiger partial charge on any atom is -0.455 e. The second-order valence-corrected chi connectivity index (χ2v) is 9.70. The number of para-hydroxylation sites is 1. The maximum Gasteiger partial charge on any atom is 0.145 e. The van der Waals surface area contributed by atoms with Gasteiger partial charge in [-0.2, -0.15) is 0 Å². The van der Waals surface area contributed by atoms with Crippen molar-refractivity contribution in [1.29, 1.82) is 0 Å². The first-order valence-electron chi connectivity index (χ1n) is 12.9. The molecule has 0 saturated carbocycles. The monoisotopic (exact) mass is 499 g/mol. The lowest BCUT2D eigenvalue weighted by molar-refractivity contribution is 0.673. The van der Waals surface area contributed by atoms with E-state index in [1.165, 1.54) is 0 Å². The molecule has 0 atom stereocenters. The van der Waals surface area contributed by atoms with Crippen molar-refractivity contribution in [2.24, 2.45) is 0 Å². The van der Waals surface area contributed by atoms with Crippen LogP contribution >= 0.6 is 0 Å². The SMILES string of the molecule is c1ccc(-c2nc3cc(-c4ccc(-c5cccnc5)cc4)cnc3c3c2ccc2c4ccccc4oc23)cc1. The summed E-state index contributed by atoms with van der Waals surface area (Å²) in [6.07, 6.45) is 5.61. The Bertz CT molecular complexity index is 2150. The highest BCUT2D eigenvalue weighted by atomic mass is 16.3.